The first-order valence-corrected chi connectivity index (χ1v) is 9.59. The lowest BCUT2D eigenvalue weighted by Crippen LogP contribution is -2.09. The lowest BCUT2D eigenvalue weighted by atomic mass is 10.0. The van der Waals surface area contributed by atoms with E-state index in [1.807, 2.05) is 42.5 Å². The van der Waals surface area contributed by atoms with E-state index in [0.717, 1.165) is 34.8 Å². The van der Waals surface area contributed by atoms with Crippen molar-refractivity contribution in [2.45, 2.75) is 12.3 Å². The molecule has 7 nitrogen and oxygen atoms in total. The zero-order valence-corrected chi connectivity index (χ0v) is 16.2. The minimum absolute atomic E-state index is 0.107. The van der Waals surface area contributed by atoms with Crippen molar-refractivity contribution >= 4 is 11.7 Å². The van der Waals surface area contributed by atoms with E-state index < -0.39 is 5.97 Å². The van der Waals surface area contributed by atoms with Crippen molar-refractivity contribution in [2.75, 3.05) is 13.9 Å². The number of ether oxygens (including phenoxy) is 3. The number of carbonyl (C=O) groups excluding carboxylic acids is 1. The predicted molar refractivity (Wildman–Crippen MR) is 107 cm³/mol. The molecule has 152 valence electrons. The standard InChI is InChI=1S/C23H19NO6/c1-26-16-7-4-14(5-8-16)22(24-30-23(25)20-3-2-10-27-20)18-12-17(18)15-6-9-19-21(11-15)29-13-28-19/h2-11,17-18H,12-13H2,1H3/b24-22-/t17-,18-/m1/s1. The lowest BCUT2D eigenvalue weighted by Gasteiger charge is -2.08. The van der Waals surface area contributed by atoms with Crippen LogP contribution in [0, 0.1) is 5.92 Å². The first-order chi connectivity index (χ1) is 14.7. The van der Waals surface area contributed by atoms with Crippen LogP contribution in [-0.2, 0) is 4.84 Å². The quantitative estimate of drug-likeness (QED) is 0.344. The molecule has 7 heteroatoms. The molecule has 1 saturated carbocycles. The van der Waals surface area contributed by atoms with Crippen molar-refractivity contribution in [2.24, 2.45) is 11.1 Å². The van der Waals surface area contributed by atoms with Gasteiger partial charge in [0, 0.05) is 5.92 Å². The van der Waals surface area contributed by atoms with E-state index in [1.165, 1.54) is 12.3 Å². The SMILES string of the molecule is COc1ccc(/C(=N/OC(=O)c2ccco2)[C@@H]2C[C@@H]2c2ccc3c(c2)OCO3)cc1. The van der Waals surface area contributed by atoms with Crippen molar-refractivity contribution in [3.05, 3.63) is 77.7 Å². The summed E-state index contributed by atoms with van der Waals surface area (Å²) in [6, 6.07) is 16.7. The molecule has 2 heterocycles. The normalized spacial score (nSPS) is 19.4. The Morgan fingerprint density at radius 3 is 2.67 bits per heavy atom. The first kappa shape index (κ1) is 18.3. The van der Waals surface area contributed by atoms with Gasteiger partial charge in [-0.1, -0.05) is 11.2 Å². The van der Waals surface area contributed by atoms with Crippen LogP contribution in [0.2, 0.25) is 0 Å². The number of hydrogen-bond acceptors (Lipinski definition) is 7. The Balaban J connectivity index is 1.41. The third-order valence-electron chi connectivity index (χ3n) is 5.30. The molecule has 0 amide bonds. The van der Waals surface area contributed by atoms with Crippen LogP contribution in [-0.4, -0.2) is 25.6 Å². The number of rotatable bonds is 6. The summed E-state index contributed by atoms with van der Waals surface area (Å²) in [7, 11) is 1.62. The molecule has 5 rings (SSSR count). The monoisotopic (exact) mass is 405 g/mol. The molecule has 0 spiro atoms. The maximum Gasteiger partial charge on any atom is 0.400 e. The summed E-state index contributed by atoms with van der Waals surface area (Å²) in [5, 5.41) is 4.23. The highest BCUT2D eigenvalue weighted by Gasteiger charge is 2.43. The van der Waals surface area contributed by atoms with Crippen molar-refractivity contribution in [3.63, 3.8) is 0 Å². The van der Waals surface area contributed by atoms with Gasteiger partial charge in [0.05, 0.1) is 19.1 Å². The molecule has 30 heavy (non-hydrogen) atoms. The van der Waals surface area contributed by atoms with Crippen molar-refractivity contribution in [1.29, 1.82) is 0 Å². The van der Waals surface area contributed by atoms with Crippen LogP contribution >= 0.6 is 0 Å². The lowest BCUT2D eigenvalue weighted by molar-refractivity contribution is 0.0479. The van der Waals surface area contributed by atoms with E-state index in [1.54, 1.807) is 13.2 Å². The van der Waals surface area contributed by atoms with Gasteiger partial charge in [-0.15, -0.1) is 0 Å². The maximum atomic E-state index is 12.2. The van der Waals surface area contributed by atoms with Crippen molar-refractivity contribution in [1.82, 2.24) is 0 Å². The molecule has 0 bridgehead atoms. The van der Waals surface area contributed by atoms with Crippen LogP contribution in [0.3, 0.4) is 0 Å². The Kier molecular flexibility index (Phi) is 4.63. The van der Waals surface area contributed by atoms with Gasteiger partial charge in [-0.3, -0.25) is 0 Å². The third-order valence-corrected chi connectivity index (χ3v) is 5.30. The zero-order valence-electron chi connectivity index (χ0n) is 16.2. The van der Waals surface area contributed by atoms with E-state index in [9.17, 15) is 4.79 Å². The summed E-state index contributed by atoms with van der Waals surface area (Å²) in [4.78, 5) is 17.4. The Labute approximate surface area is 172 Å². The fourth-order valence-corrected chi connectivity index (χ4v) is 3.64. The van der Waals surface area contributed by atoms with Gasteiger partial charge in [-0.05, 0) is 72.0 Å². The molecule has 1 aliphatic carbocycles. The van der Waals surface area contributed by atoms with Crippen molar-refractivity contribution in [3.8, 4) is 17.2 Å². The number of benzene rings is 2. The first-order valence-electron chi connectivity index (χ1n) is 9.59. The zero-order chi connectivity index (χ0) is 20.5. The predicted octanol–water partition coefficient (Wildman–Crippen LogP) is 4.38. The highest BCUT2D eigenvalue weighted by atomic mass is 16.7. The van der Waals surface area contributed by atoms with E-state index in [0.29, 0.717) is 5.71 Å². The molecular formula is C23H19NO6. The van der Waals surface area contributed by atoms with Gasteiger partial charge in [-0.2, -0.15) is 0 Å². The largest absolute Gasteiger partial charge is 0.497 e. The number of methoxy groups -OCH3 is 1. The van der Waals surface area contributed by atoms with E-state index >= 15 is 0 Å². The molecule has 3 aromatic rings. The maximum absolute atomic E-state index is 12.2. The van der Waals surface area contributed by atoms with Gasteiger partial charge in [0.25, 0.3) is 0 Å². The number of fused-ring (bicyclic) bond motifs is 1. The second-order valence-electron chi connectivity index (χ2n) is 7.12. The Morgan fingerprint density at radius 2 is 1.90 bits per heavy atom. The summed E-state index contributed by atoms with van der Waals surface area (Å²) in [6.07, 6.45) is 2.31. The molecule has 1 aliphatic heterocycles. The van der Waals surface area contributed by atoms with E-state index in [2.05, 4.69) is 5.16 Å². The van der Waals surface area contributed by atoms with Crippen LogP contribution in [0.15, 0.2) is 70.4 Å². The van der Waals surface area contributed by atoms with Crippen LogP contribution < -0.4 is 14.2 Å². The number of hydrogen-bond donors (Lipinski definition) is 0. The number of furan rings is 1. The topological polar surface area (TPSA) is 79.5 Å². The Hall–Kier alpha value is -3.74. The molecule has 2 atom stereocenters. The van der Waals surface area contributed by atoms with Crippen molar-refractivity contribution < 1.29 is 28.3 Å². The molecule has 0 N–H and O–H groups in total. The summed E-state index contributed by atoms with van der Waals surface area (Å²) in [5.74, 6) is 2.10. The molecule has 0 unspecified atom stereocenters. The second kappa shape index (κ2) is 7.59. The molecule has 0 radical (unpaired) electrons. The van der Waals surface area contributed by atoms with Gasteiger partial charge in [0.15, 0.2) is 11.5 Å². The fourth-order valence-electron chi connectivity index (χ4n) is 3.64. The summed E-state index contributed by atoms with van der Waals surface area (Å²) < 4.78 is 21.2. The third kappa shape index (κ3) is 3.50. The Bertz CT molecular complexity index is 1090. The molecular weight excluding hydrogens is 386 g/mol. The summed E-state index contributed by atoms with van der Waals surface area (Å²) in [5.41, 5.74) is 2.72. The average molecular weight is 405 g/mol. The molecule has 0 saturated heterocycles. The Morgan fingerprint density at radius 1 is 1.07 bits per heavy atom. The van der Waals surface area contributed by atoms with Crippen LogP contribution in [0.4, 0.5) is 0 Å². The average Bonchev–Trinajstić information content (AvgIpc) is 3.18. The van der Waals surface area contributed by atoms with E-state index in [4.69, 9.17) is 23.5 Å². The number of carbonyl (C=O) groups is 1. The highest BCUT2D eigenvalue weighted by molar-refractivity contribution is 6.04. The minimum atomic E-state index is -0.633. The van der Waals surface area contributed by atoms with Crippen LogP contribution in [0.25, 0.3) is 0 Å². The molecule has 2 aromatic carbocycles. The smallest absolute Gasteiger partial charge is 0.400 e. The second-order valence-corrected chi connectivity index (χ2v) is 7.12. The van der Waals surface area contributed by atoms with Gasteiger partial charge < -0.3 is 23.5 Å². The van der Waals surface area contributed by atoms with Gasteiger partial charge in [0.2, 0.25) is 12.6 Å². The number of oxime groups is 1. The van der Waals surface area contributed by atoms with Gasteiger partial charge in [0.1, 0.15) is 5.75 Å². The highest BCUT2D eigenvalue weighted by Crippen LogP contribution is 2.51. The fraction of sp³-hybridized carbons (Fsp3) is 0.217. The van der Waals surface area contributed by atoms with Crippen LogP contribution in [0.5, 0.6) is 17.2 Å². The van der Waals surface area contributed by atoms with E-state index in [-0.39, 0.29) is 24.4 Å². The molecule has 1 aromatic heterocycles. The minimum Gasteiger partial charge on any atom is -0.497 e. The van der Waals surface area contributed by atoms with Gasteiger partial charge >= 0.3 is 5.97 Å². The van der Waals surface area contributed by atoms with Gasteiger partial charge in [-0.25, -0.2) is 4.79 Å². The molecule has 2 aliphatic rings. The summed E-state index contributed by atoms with van der Waals surface area (Å²) >= 11 is 0. The number of nitrogens with zero attached hydrogens (tertiary/aromatic N) is 1. The molecule has 1 fully saturated rings. The van der Waals surface area contributed by atoms with Crippen LogP contribution in [0.1, 0.15) is 34.0 Å². The summed E-state index contributed by atoms with van der Waals surface area (Å²) in [6.45, 7) is 0.244.